The molecule has 1 N–H and O–H groups in total. The molecule has 0 amide bonds. The van der Waals surface area contributed by atoms with Crippen LogP contribution in [0.15, 0.2) is 18.2 Å². The molecular weight excluding hydrogens is 232 g/mol. The van der Waals surface area contributed by atoms with Gasteiger partial charge in [-0.15, -0.1) is 0 Å². The van der Waals surface area contributed by atoms with Crippen LogP contribution in [-0.4, -0.2) is 30.6 Å². The molecule has 2 nitrogen and oxygen atoms in total. The number of nitrogens with one attached hydrogen (secondary N) is 1. The summed E-state index contributed by atoms with van der Waals surface area (Å²) in [7, 11) is 0. The van der Waals surface area contributed by atoms with E-state index in [4.69, 9.17) is 0 Å². The molecular formula is C17H28N2. The van der Waals surface area contributed by atoms with Crippen molar-refractivity contribution in [3.63, 3.8) is 0 Å². The molecule has 1 heterocycles. The van der Waals surface area contributed by atoms with Crippen LogP contribution in [0.1, 0.15) is 42.9 Å². The second-order valence-electron chi connectivity index (χ2n) is 5.87. The average molecular weight is 260 g/mol. The Kier molecular flexibility index (Phi) is 5.41. The van der Waals surface area contributed by atoms with Gasteiger partial charge in [0.25, 0.3) is 0 Å². The third-order valence-electron chi connectivity index (χ3n) is 4.34. The van der Waals surface area contributed by atoms with Crippen molar-refractivity contribution in [3.05, 3.63) is 34.9 Å². The smallest absolute Gasteiger partial charge is 0.0213 e. The molecule has 1 aliphatic heterocycles. The number of aryl methyl sites for hydroxylation is 2. The standard InChI is InChI=1S/C17H28N2/c1-4-10-19-11-8-16(9-12-19)18-13-17-14(2)6-5-7-15(17)3/h5-7,16,18H,4,8-13H2,1-3H3. The van der Waals surface area contributed by atoms with Crippen molar-refractivity contribution in [3.8, 4) is 0 Å². The maximum atomic E-state index is 3.76. The molecule has 1 aromatic rings. The molecule has 0 aliphatic carbocycles. The summed E-state index contributed by atoms with van der Waals surface area (Å²) in [5, 5.41) is 3.76. The first-order chi connectivity index (χ1) is 9.20. The molecule has 2 rings (SSSR count). The second-order valence-corrected chi connectivity index (χ2v) is 5.87. The number of hydrogen-bond donors (Lipinski definition) is 1. The van der Waals surface area contributed by atoms with Gasteiger partial charge >= 0.3 is 0 Å². The molecule has 1 saturated heterocycles. The monoisotopic (exact) mass is 260 g/mol. The molecule has 0 saturated carbocycles. The van der Waals surface area contributed by atoms with E-state index in [1.54, 1.807) is 0 Å². The molecule has 106 valence electrons. The van der Waals surface area contributed by atoms with Crippen molar-refractivity contribution < 1.29 is 0 Å². The van der Waals surface area contributed by atoms with Gasteiger partial charge < -0.3 is 10.2 Å². The minimum Gasteiger partial charge on any atom is -0.310 e. The number of benzene rings is 1. The van der Waals surface area contributed by atoms with E-state index in [2.05, 4.69) is 49.2 Å². The van der Waals surface area contributed by atoms with Crippen LogP contribution >= 0.6 is 0 Å². The van der Waals surface area contributed by atoms with Crippen LogP contribution in [0.3, 0.4) is 0 Å². The molecule has 0 bridgehead atoms. The first kappa shape index (κ1) is 14.5. The quantitative estimate of drug-likeness (QED) is 0.874. The topological polar surface area (TPSA) is 15.3 Å². The summed E-state index contributed by atoms with van der Waals surface area (Å²) < 4.78 is 0. The number of nitrogens with zero attached hydrogens (tertiary/aromatic N) is 1. The third kappa shape index (κ3) is 4.05. The van der Waals surface area contributed by atoms with E-state index in [0.717, 1.165) is 6.54 Å². The summed E-state index contributed by atoms with van der Waals surface area (Å²) in [5.74, 6) is 0. The Morgan fingerprint density at radius 2 is 1.79 bits per heavy atom. The lowest BCUT2D eigenvalue weighted by Crippen LogP contribution is -2.42. The minimum atomic E-state index is 0.701. The highest BCUT2D eigenvalue weighted by molar-refractivity contribution is 5.33. The molecule has 0 atom stereocenters. The summed E-state index contributed by atoms with van der Waals surface area (Å²) in [6, 6.07) is 7.28. The summed E-state index contributed by atoms with van der Waals surface area (Å²) in [5.41, 5.74) is 4.31. The Labute approximate surface area is 118 Å². The van der Waals surface area contributed by atoms with E-state index >= 15 is 0 Å². The van der Waals surface area contributed by atoms with Gasteiger partial charge in [-0.2, -0.15) is 0 Å². The van der Waals surface area contributed by atoms with Crippen LogP contribution in [0.25, 0.3) is 0 Å². The SMILES string of the molecule is CCCN1CCC(NCc2c(C)cccc2C)CC1. The number of piperidine rings is 1. The predicted octanol–water partition coefficient (Wildman–Crippen LogP) is 3.27. The summed E-state index contributed by atoms with van der Waals surface area (Å²) in [6.07, 6.45) is 3.87. The summed E-state index contributed by atoms with van der Waals surface area (Å²) in [6.45, 7) is 11.5. The summed E-state index contributed by atoms with van der Waals surface area (Å²) in [4.78, 5) is 2.59. The van der Waals surface area contributed by atoms with Gasteiger partial charge in [-0.3, -0.25) is 0 Å². The van der Waals surface area contributed by atoms with Crippen molar-refractivity contribution in [1.29, 1.82) is 0 Å². The number of likely N-dealkylation sites (tertiary alicyclic amines) is 1. The van der Waals surface area contributed by atoms with Crippen LogP contribution in [0.4, 0.5) is 0 Å². The van der Waals surface area contributed by atoms with Crippen LogP contribution in [0.2, 0.25) is 0 Å². The zero-order valence-electron chi connectivity index (χ0n) is 12.7. The highest BCUT2D eigenvalue weighted by Gasteiger charge is 2.18. The van der Waals surface area contributed by atoms with E-state index in [1.165, 1.54) is 55.6 Å². The third-order valence-corrected chi connectivity index (χ3v) is 4.34. The Morgan fingerprint density at radius 1 is 1.16 bits per heavy atom. The molecule has 0 spiro atoms. The molecule has 1 aliphatic rings. The fourth-order valence-electron chi connectivity index (χ4n) is 3.05. The zero-order chi connectivity index (χ0) is 13.7. The van der Waals surface area contributed by atoms with Gasteiger partial charge in [0, 0.05) is 12.6 Å². The lowest BCUT2D eigenvalue weighted by atomic mass is 10.0. The molecule has 1 aromatic carbocycles. The van der Waals surface area contributed by atoms with Crippen LogP contribution < -0.4 is 5.32 Å². The van der Waals surface area contributed by atoms with E-state index in [1.807, 2.05) is 0 Å². The maximum absolute atomic E-state index is 3.76. The van der Waals surface area contributed by atoms with E-state index in [-0.39, 0.29) is 0 Å². The minimum absolute atomic E-state index is 0.701. The number of hydrogen-bond acceptors (Lipinski definition) is 2. The van der Waals surface area contributed by atoms with Gasteiger partial charge in [-0.25, -0.2) is 0 Å². The summed E-state index contributed by atoms with van der Waals surface area (Å²) >= 11 is 0. The predicted molar refractivity (Wildman–Crippen MR) is 82.5 cm³/mol. The molecule has 1 fully saturated rings. The van der Waals surface area contributed by atoms with Crippen molar-refractivity contribution in [2.24, 2.45) is 0 Å². The average Bonchev–Trinajstić information content (AvgIpc) is 2.40. The zero-order valence-corrected chi connectivity index (χ0v) is 12.7. The fraction of sp³-hybridized carbons (Fsp3) is 0.647. The molecule has 2 heteroatoms. The number of rotatable bonds is 5. The van der Waals surface area contributed by atoms with Gasteiger partial charge in [0.15, 0.2) is 0 Å². The normalized spacial score (nSPS) is 17.8. The van der Waals surface area contributed by atoms with E-state index in [9.17, 15) is 0 Å². The van der Waals surface area contributed by atoms with Crippen LogP contribution in [0, 0.1) is 13.8 Å². The first-order valence-corrected chi connectivity index (χ1v) is 7.71. The van der Waals surface area contributed by atoms with Gasteiger partial charge in [0.2, 0.25) is 0 Å². The lowest BCUT2D eigenvalue weighted by Gasteiger charge is -2.32. The Hall–Kier alpha value is -0.860. The maximum Gasteiger partial charge on any atom is 0.0213 e. The van der Waals surface area contributed by atoms with Gasteiger partial charge in [0.1, 0.15) is 0 Å². The van der Waals surface area contributed by atoms with E-state index in [0.29, 0.717) is 6.04 Å². The van der Waals surface area contributed by atoms with Crippen molar-refractivity contribution in [1.82, 2.24) is 10.2 Å². The van der Waals surface area contributed by atoms with Gasteiger partial charge in [-0.05, 0) is 69.4 Å². The largest absolute Gasteiger partial charge is 0.310 e. The molecule has 19 heavy (non-hydrogen) atoms. The fourth-order valence-corrected chi connectivity index (χ4v) is 3.05. The highest BCUT2D eigenvalue weighted by atomic mass is 15.1. The van der Waals surface area contributed by atoms with Crippen LogP contribution in [0.5, 0.6) is 0 Å². The van der Waals surface area contributed by atoms with Crippen molar-refractivity contribution >= 4 is 0 Å². The Bertz CT molecular complexity index is 372. The first-order valence-electron chi connectivity index (χ1n) is 7.71. The van der Waals surface area contributed by atoms with Crippen molar-refractivity contribution in [2.45, 2.75) is 52.6 Å². The van der Waals surface area contributed by atoms with Crippen LogP contribution in [-0.2, 0) is 6.54 Å². The lowest BCUT2D eigenvalue weighted by molar-refractivity contribution is 0.197. The second kappa shape index (κ2) is 7.06. The molecule has 0 aromatic heterocycles. The Balaban J connectivity index is 1.81. The van der Waals surface area contributed by atoms with Gasteiger partial charge in [0.05, 0.1) is 0 Å². The van der Waals surface area contributed by atoms with E-state index < -0.39 is 0 Å². The molecule has 0 unspecified atom stereocenters. The highest BCUT2D eigenvalue weighted by Crippen LogP contribution is 2.15. The van der Waals surface area contributed by atoms with Crippen molar-refractivity contribution in [2.75, 3.05) is 19.6 Å². The van der Waals surface area contributed by atoms with Gasteiger partial charge in [-0.1, -0.05) is 25.1 Å². The Morgan fingerprint density at radius 3 is 2.37 bits per heavy atom. The molecule has 0 radical (unpaired) electrons.